The van der Waals surface area contributed by atoms with Gasteiger partial charge in [0.25, 0.3) is 0 Å². The van der Waals surface area contributed by atoms with Gasteiger partial charge in [-0.05, 0) is 42.7 Å². The average Bonchev–Trinajstić information content (AvgIpc) is 2.56. The Morgan fingerprint density at radius 1 is 1.17 bits per heavy atom. The summed E-state index contributed by atoms with van der Waals surface area (Å²) in [7, 11) is 0. The summed E-state index contributed by atoms with van der Waals surface area (Å²) in [5.74, 6) is 0.104. The lowest BCUT2D eigenvalue weighted by molar-refractivity contribution is -0.137. The summed E-state index contributed by atoms with van der Waals surface area (Å²) in [6, 6.07) is 15.7. The van der Waals surface area contributed by atoms with Gasteiger partial charge >= 0.3 is 5.97 Å². The number of allylic oxidation sites excluding steroid dienone is 3. The number of carbonyl (C=O) groups is 1. The molecule has 3 rings (SSSR count). The molecule has 0 amide bonds. The number of hydrogen-bond donors (Lipinski definition) is 0. The van der Waals surface area contributed by atoms with E-state index in [0.29, 0.717) is 12.2 Å². The van der Waals surface area contributed by atoms with Crippen LogP contribution in [0.5, 0.6) is 5.75 Å². The standard InChI is InChI=1S/C20H17BrO2/c1-14-5-7-15(8-6-14)16-9-11-17(12-10-16)20(22)23-19-4-2-3-18(21)13-19/h2-11,13,17H,12H2,1H3. The van der Waals surface area contributed by atoms with Crippen LogP contribution in [0, 0.1) is 12.8 Å². The molecule has 2 aromatic carbocycles. The molecule has 3 heteroatoms. The molecule has 0 aliphatic heterocycles. The van der Waals surface area contributed by atoms with Crippen LogP contribution in [0.4, 0.5) is 0 Å². The van der Waals surface area contributed by atoms with E-state index in [1.54, 1.807) is 12.1 Å². The van der Waals surface area contributed by atoms with Gasteiger partial charge in [-0.25, -0.2) is 0 Å². The van der Waals surface area contributed by atoms with Crippen LogP contribution < -0.4 is 4.74 Å². The van der Waals surface area contributed by atoms with E-state index in [9.17, 15) is 4.79 Å². The second-order valence-electron chi connectivity index (χ2n) is 5.61. The van der Waals surface area contributed by atoms with Crippen molar-refractivity contribution in [1.29, 1.82) is 0 Å². The highest BCUT2D eigenvalue weighted by Gasteiger charge is 2.20. The number of halogens is 1. The van der Waals surface area contributed by atoms with Gasteiger partial charge in [0.1, 0.15) is 5.75 Å². The molecule has 116 valence electrons. The first-order chi connectivity index (χ1) is 11.1. The van der Waals surface area contributed by atoms with Gasteiger partial charge in [-0.2, -0.15) is 0 Å². The number of benzene rings is 2. The average molecular weight is 369 g/mol. The molecule has 0 aromatic heterocycles. The van der Waals surface area contributed by atoms with E-state index < -0.39 is 0 Å². The maximum atomic E-state index is 12.2. The summed E-state index contributed by atoms with van der Waals surface area (Å²) in [5.41, 5.74) is 3.56. The Morgan fingerprint density at radius 3 is 2.61 bits per heavy atom. The molecule has 0 heterocycles. The number of esters is 1. The van der Waals surface area contributed by atoms with Crippen molar-refractivity contribution in [2.45, 2.75) is 13.3 Å². The van der Waals surface area contributed by atoms with Gasteiger partial charge in [0.05, 0.1) is 5.92 Å². The second kappa shape index (κ2) is 6.97. The molecule has 0 fully saturated rings. The maximum Gasteiger partial charge on any atom is 0.318 e. The summed E-state index contributed by atoms with van der Waals surface area (Å²) in [6.45, 7) is 2.07. The molecule has 23 heavy (non-hydrogen) atoms. The zero-order chi connectivity index (χ0) is 16.2. The van der Waals surface area contributed by atoms with E-state index in [1.165, 1.54) is 11.1 Å². The van der Waals surface area contributed by atoms with Gasteiger partial charge in [-0.1, -0.05) is 70.1 Å². The quantitative estimate of drug-likeness (QED) is 0.541. The Kier molecular flexibility index (Phi) is 4.77. The molecule has 0 saturated carbocycles. The summed E-state index contributed by atoms with van der Waals surface area (Å²) in [4.78, 5) is 12.2. The highest BCUT2D eigenvalue weighted by molar-refractivity contribution is 9.10. The zero-order valence-electron chi connectivity index (χ0n) is 12.8. The van der Waals surface area contributed by atoms with E-state index in [-0.39, 0.29) is 11.9 Å². The van der Waals surface area contributed by atoms with Crippen molar-refractivity contribution in [2.75, 3.05) is 0 Å². The van der Waals surface area contributed by atoms with E-state index in [2.05, 4.69) is 53.2 Å². The monoisotopic (exact) mass is 368 g/mol. The highest BCUT2D eigenvalue weighted by atomic mass is 79.9. The fraction of sp³-hybridized carbons (Fsp3) is 0.150. The minimum absolute atomic E-state index is 0.224. The van der Waals surface area contributed by atoms with Gasteiger partial charge in [0.15, 0.2) is 0 Å². The van der Waals surface area contributed by atoms with Crippen molar-refractivity contribution in [3.8, 4) is 5.75 Å². The summed E-state index contributed by atoms with van der Waals surface area (Å²) < 4.78 is 6.33. The van der Waals surface area contributed by atoms with Crippen molar-refractivity contribution < 1.29 is 9.53 Å². The molecule has 2 aromatic rings. The Hall–Kier alpha value is -2.13. The molecular formula is C20H17BrO2. The predicted octanol–water partition coefficient (Wildman–Crippen LogP) is 5.32. The Balaban J connectivity index is 1.65. The van der Waals surface area contributed by atoms with Crippen LogP contribution in [0.3, 0.4) is 0 Å². The largest absolute Gasteiger partial charge is 0.426 e. The Bertz CT molecular complexity index is 772. The zero-order valence-corrected chi connectivity index (χ0v) is 14.4. The van der Waals surface area contributed by atoms with Crippen molar-refractivity contribution in [1.82, 2.24) is 0 Å². The van der Waals surface area contributed by atoms with Crippen LogP contribution in [-0.2, 0) is 4.79 Å². The third-order valence-electron chi connectivity index (χ3n) is 3.80. The van der Waals surface area contributed by atoms with Crippen LogP contribution in [0.15, 0.2) is 71.2 Å². The van der Waals surface area contributed by atoms with Gasteiger partial charge < -0.3 is 4.74 Å². The second-order valence-corrected chi connectivity index (χ2v) is 6.52. The highest BCUT2D eigenvalue weighted by Crippen LogP contribution is 2.26. The van der Waals surface area contributed by atoms with Crippen molar-refractivity contribution in [3.63, 3.8) is 0 Å². The summed E-state index contributed by atoms with van der Waals surface area (Å²) >= 11 is 3.37. The van der Waals surface area contributed by atoms with Gasteiger partial charge in [-0.15, -0.1) is 0 Å². The molecule has 1 atom stereocenters. The number of rotatable bonds is 3. The van der Waals surface area contributed by atoms with Crippen LogP contribution in [-0.4, -0.2) is 5.97 Å². The molecular weight excluding hydrogens is 352 g/mol. The molecule has 0 radical (unpaired) electrons. The van der Waals surface area contributed by atoms with Gasteiger partial charge in [-0.3, -0.25) is 4.79 Å². The topological polar surface area (TPSA) is 26.3 Å². The number of hydrogen-bond acceptors (Lipinski definition) is 2. The van der Waals surface area contributed by atoms with Crippen LogP contribution in [0.2, 0.25) is 0 Å². The smallest absolute Gasteiger partial charge is 0.318 e. The molecule has 1 unspecified atom stereocenters. The van der Waals surface area contributed by atoms with Crippen molar-refractivity contribution in [2.24, 2.45) is 5.92 Å². The molecule has 0 saturated heterocycles. The first kappa shape index (κ1) is 15.8. The fourth-order valence-corrected chi connectivity index (χ4v) is 2.86. The molecule has 1 aliphatic rings. The van der Waals surface area contributed by atoms with Crippen LogP contribution in [0.25, 0.3) is 5.57 Å². The first-order valence-electron chi connectivity index (χ1n) is 7.54. The van der Waals surface area contributed by atoms with Crippen LogP contribution >= 0.6 is 15.9 Å². The van der Waals surface area contributed by atoms with Crippen molar-refractivity contribution in [3.05, 3.63) is 82.4 Å². The van der Waals surface area contributed by atoms with Crippen molar-refractivity contribution >= 4 is 27.5 Å². The lowest BCUT2D eigenvalue weighted by atomic mass is 9.93. The van der Waals surface area contributed by atoms with Gasteiger partial charge in [0, 0.05) is 4.47 Å². The maximum absolute atomic E-state index is 12.2. The van der Waals surface area contributed by atoms with E-state index in [1.807, 2.05) is 24.3 Å². The lowest BCUT2D eigenvalue weighted by Gasteiger charge is -2.15. The summed E-state index contributed by atoms with van der Waals surface area (Å²) in [6.07, 6.45) is 6.68. The lowest BCUT2D eigenvalue weighted by Crippen LogP contribution is -2.19. The summed E-state index contributed by atoms with van der Waals surface area (Å²) in [5, 5.41) is 0. The minimum Gasteiger partial charge on any atom is -0.426 e. The first-order valence-corrected chi connectivity index (χ1v) is 8.34. The number of carbonyl (C=O) groups excluding carboxylic acids is 1. The molecule has 0 spiro atoms. The number of aryl methyl sites for hydroxylation is 1. The normalized spacial score (nSPS) is 16.8. The van der Waals surface area contributed by atoms with E-state index in [4.69, 9.17) is 4.74 Å². The third-order valence-corrected chi connectivity index (χ3v) is 4.30. The van der Waals surface area contributed by atoms with E-state index >= 15 is 0 Å². The number of ether oxygens (including phenoxy) is 1. The molecule has 2 nitrogen and oxygen atoms in total. The Labute approximate surface area is 144 Å². The molecule has 0 bridgehead atoms. The molecule has 0 N–H and O–H groups in total. The predicted molar refractivity (Wildman–Crippen MR) is 96.2 cm³/mol. The van der Waals surface area contributed by atoms with Gasteiger partial charge in [0.2, 0.25) is 0 Å². The fourth-order valence-electron chi connectivity index (χ4n) is 2.48. The Morgan fingerprint density at radius 2 is 1.96 bits per heavy atom. The molecule has 1 aliphatic carbocycles. The van der Waals surface area contributed by atoms with E-state index in [0.717, 1.165) is 10.0 Å². The SMILES string of the molecule is Cc1ccc(C2=CCC(C(=O)Oc3cccc(Br)c3)C=C2)cc1. The van der Waals surface area contributed by atoms with Crippen LogP contribution in [0.1, 0.15) is 17.5 Å². The minimum atomic E-state index is -0.233. The third kappa shape index (κ3) is 3.99.